The average molecular weight is 322 g/mol. The van der Waals surface area contributed by atoms with Gasteiger partial charge in [0.15, 0.2) is 0 Å². The first-order chi connectivity index (χ1) is 9.72. The number of anilines is 1. The van der Waals surface area contributed by atoms with Crippen LogP contribution in [-0.4, -0.2) is 17.8 Å². The predicted octanol–water partition coefficient (Wildman–Crippen LogP) is 2.51. The number of sulfonamides is 1. The van der Waals surface area contributed by atoms with Gasteiger partial charge in [0.25, 0.3) is 10.0 Å². The van der Waals surface area contributed by atoms with Crippen LogP contribution in [0.5, 0.6) is 0 Å². The van der Waals surface area contributed by atoms with Crippen molar-refractivity contribution in [3.05, 3.63) is 35.7 Å². The molecule has 1 aromatic carbocycles. The molecule has 0 bridgehead atoms. The lowest BCUT2D eigenvalue weighted by Crippen LogP contribution is -2.15. The molecular weight excluding hydrogens is 308 g/mol. The van der Waals surface area contributed by atoms with Crippen LogP contribution in [0, 0.1) is 11.3 Å². The maximum Gasteiger partial charge on any atom is 0.263 e. The monoisotopic (exact) mass is 322 g/mol. The van der Waals surface area contributed by atoms with E-state index in [1.807, 2.05) is 26.8 Å². The highest BCUT2D eigenvalue weighted by Crippen LogP contribution is 2.24. The van der Waals surface area contributed by atoms with Crippen molar-refractivity contribution in [2.45, 2.75) is 31.1 Å². The van der Waals surface area contributed by atoms with E-state index in [4.69, 9.17) is 5.26 Å². The molecule has 0 aliphatic heterocycles. The van der Waals surface area contributed by atoms with Crippen molar-refractivity contribution in [3.63, 3.8) is 0 Å². The molecule has 1 heterocycles. The van der Waals surface area contributed by atoms with Gasteiger partial charge in [-0.2, -0.15) is 9.64 Å². The van der Waals surface area contributed by atoms with Crippen molar-refractivity contribution >= 4 is 26.7 Å². The Morgan fingerprint density at radius 3 is 2.62 bits per heavy atom. The Bertz CT molecular complexity index is 798. The summed E-state index contributed by atoms with van der Waals surface area (Å²) < 4.78 is 31.0. The van der Waals surface area contributed by atoms with Gasteiger partial charge in [0.1, 0.15) is 5.82 Å². The number of hydrogen-bond acceptors (Lipinski definition) is 6. The molecule has 0 radical (unpaired) electrons. The molecule has 0 spiro atoms. The summed E-state index contributed by atoms with van der Waals surface area (Å²) in [6.45, 7) is 5.84. The first-order valence-corrected chi connectivity index (χ1v) is 8.35. The summed E-state index contributed by atoms with van der Waals surface area (Å²) in [5, 5.41) is 9.04. The summed E-state index contributed by atoms with van der Waals surface area (Å²) in [5.41, 5.74) is 0.0338. The first-order valence-electron chi connectivity index (χ1n) is 6.09. The molecule has 0 atom stereocenters. The third kappa shape index (κ3) is 3.56. The molecule has 2 rings (SSSR count). The number of benzene rings is 1. The van der Waals surface area contributed by atoms with Crippen molar-refractivity contribution in [2.24, 2.45) is 0 Å². The highest BCUT2D eigenvalue weighted by atomic mass is 32.2. The lowest BCUT2D eigenvalue weighted by Gasteiger charge is -2.12. The third-order valence-electron chi connectivity index (χ3n) is 2.59. The van der Waals surface area contributed by atoms with Crippen LogP contribution in [0.3, 0.4) is 0 Å². The van der Waals surface area contributed by atoms with E-state index < -0.39 is 10.0 Å². The molecule has 0 saturated carbocycles. The fourth-order valence-corrected chi connectivity index (χ4v) is 3.50. The van der Waals surface area contributed by atoms with E-state index in [1.165, 1.54) is 18.2 Å². The Labute approximate surface area is 127 Å². The van der Waals surface area contributed by atoms with E-state index >= 15 is 0 Å². The van der Waals surface area contributed by atoms with E-state index in [-0.39, 0.29) is 21.0 Å². The van der Waals surface area contributed by atoms with Crippen LogP contribution >= 0.6 is 11.5 Å². The lowest BCUT2D eigenvalue weighted by molar-refractivity contribution is 0.555. The van der Waals surface area contributed by atoms with Crippen molar-refractivity contribution in [1.29, 1.82) is 5.26 Å². The van der Waals surface area contributed by atoms with Gasteiger partial charge in [-0.25, -0.2) is 13.4 Å². The molecule has 0 aliphatic carbocycles. The molecule has 21 heavy (non-hydrogen) atoms. The molecule has 0 aliphatic rings. The van der Waals surface area contributed by atoms with Gasteiger partial charge in [0.05, 0.1) is 16.5 Å². The summed E-state index contributed by atoms with van der Waals surface area (Å²) in [6, 6.07) is 7.71. The van der Waals surface area contributed by atoms with Gasteiger partial charge >= 0.3 is 0 Å². The van der Waals surface area contributed by atoms with Crippen molar-refractivity contribution < 1.29 is 8.42 Å². The predicted molar refractivity (Wildman–Crippen MR) is 80.6 cm³/mol. The van der Waals surface area contributed by atoms with Crippen LogP contribution in [0.15, 0.2) is 29.2 Å². The Balaban J connectivity index is 2.29. The molecule has 0 unspecified atom stereocenters. The summed E-state index contributed by atoms with van der Waals surface area (Å²) in [6.07, 6.45) is 0. The summed E-state index contributed by atoms with van der Waals surface area (Å²) in [4.78, 5) is 4.21. The van der Waals surface area contributed by atoms with Crippen molar-refractivity contribution in [3.8, 4) is 6.07 Å². The lowest BCUT2D eigenvalue weighted by atomic mass is 9.96. The highest BCUT2D eigenvalue weighted by molar-refractivity contribution is 7.93. The van der Waals surface area contributed by atoms with Crippen LogP contribution < -0.4 is 4.72 Å². The molecule has 0 amide bonds. The fourth-order valence-electron chi connectivity index (χ4n) is 1.48. The summed E-state index contributed by atoms with van der Waals surface area (Å²) in [5.74, 6) is 0.580. The van der Waals surface area contributed by atoms with Gasteiger partial charge in [-0.15, -0.1) is 0 Å². The second kappa shape index (κ2) is 5.42. The maximum atomic E-state index is 12.2. The average Bonchev–Trinajstić information content (AvgIpc) is 2.86. The van der Waals surface area contributed by atoms with Crippen LogP contribution in [0.1, 0.15) is 32.2 Å². The Morgan fingerprint density at radius 2 is 2.05 bits per heavy atom. The van der Waals surface area contributed by atoms with Gasteiger partial charge < -0.3 is 0 Å². The minimum absolute atomic E-state index is 0.0223. The smallest absolute Gasteiger partial charge is 0.253 e. The summed E-state index contributed by atoms with van der Waals surface area (Å²) in [7, 11) is -3.77. The van der Waals surface area contributed by atoms with Gasteiger partial charge in [0, 0.05) is 16.9 Å². The Morgan fingerprint density at radius 1 is 1.33 bits per heavy atom. The number of rotatable bonds is 3. The van der Waals surface area contributed by atoms with Gasteiger partial charge in [-0.3, -0.25) is 4.72 Å². The zero-order valence-corrected chi connectivity index (χ0v) is 13.4. The van der Waals surface area contributed by atoms with Gasteiger partial charge in [0.2, 0.25) is 5.13 Å². The first kappa shape index (κ1) is 15.4. The topological polar surface area (TPSA) is 95.7 Å². The zero-order valence-electron chi connectivity index (χ0n) is 11.8. The number of aromatic nitrogens is 2. The highest BCUT2D eigenvalue weighted by Gasteiger charge is 2.22. The van der Waals surface area contributed by atoms with Crippen molar-refractivity contribution in [1.82, 2.24) is 9.36 Å². The van der Waals surface area contributed by atoms with Crippen LogP contribution in [0.4, 0.5) is 5.13 Å². The largest absolute Gasteiger partial charge is 0.263 e. The standard InChI is InChI=1S/C13H14N4O2S2/c1-13(2,3)11-15-12(20-16-11)17-21(18,19)10-6-4-5-9(7-10)8-14/h4-7H,1-3H3,(H,15,16,17). The van der Waals surface area contributed by atoms with Crippen LogP contribution in [-0.2, 0) is 15.4 Å². The zero-order chi connectivity index (χ0) is 15.7. The van der Waals surface area contributed by atoms with E-state index in [0.29, 0.717) is 5.82 Å². The molecule has 0 fully saturated rings. The molecule has 8 heteroatoms. The normalized spacial score (nSPS) is 11.9. The molecule has 6 nitrogen and oxygen atoms in total. The fraction of sp³-hybridized carbons (Fsp3) is 0.308. The minimum atomic E-state index is -3.77. The molecule has 2 aromatic rings. The maximum absolute atomic E-state index is 12.2. The number of nitriles is 1. The van der Waals surface area contributed by atoms with Crippen LogP contribution in [0.25, 0.3) is 0 Å². The van der Waals surface area contributed by atoms with Crippen LogP contribution in [0.2, 0.25) is 0 Å². The van der Waals surface area contributed by atoms with E-state index in [9.17, 15) is 8.42 Å². The van der Waals surface area contributed by atoms with Gasteiger partial charge in [-0.05, 0) is 18.2 Å². The Kier molecular flexibility index (Phi) is 3.98. The molecule has 110 valence electrons. The SMILES string of the molecule is CC(C)(C)c1nsc(NS(=O)(=O)c2cccc(C#N)c2)n1. The van der Waals surface area contributed by atoms with E-state index in [1.54, 1.807) is 6.07 Å². The van der Waals surface area contributed by atoms with E-state index in [2.05, 4.69) is 14.1 Å². The molecular formula is C13H14N4O2S2. The van der Waals surface area contributed by atoms with Gasteiger partial charge in [-0.1, -0.05) is 26.8 Å². The van der Waals surface area contributed by atoms with E-state index in [0.717, 1.165) is 11.5 Å². The minimum Gasteiger partial charge on any atom is -0.253 e. The number of nitrogens with one attached hydrogen (secondary N) is 1. The molecule has 1 aromatic heterocycles. The summed E-state index contributed by atoms with van der Waals surface area (Å²) >= 11 is 0.992. The number of hydrogen-bond donors (Lipinski definition) is 1. The quantitative estimate of drug-likeness (QED) is 0.936. The molecule has 0 saturated heterocycles. The second-order valence-corrected chi connectivity index (χ2v) is 7.85. The Hall–Kier alpha value is -1.98. The number of nitrogens with zero attached hydrogens (tertiary/aromatic N) is 3. The third-order valence-corrected chi connectivity index (χ3v) is 4.69. The second-order valence-electron chi connectivity index (χ2n) is 5.42. The van der Waals surface area contributed by atoms with Crippen molar-refractivity contribution in [2.75, 3.05) is 4.72 Å². The molecule has 1 N–H and O–H groups in total.